The Balaban J connectivity index is 1.62. The van der Waals surface area contributed by atoms with E-state index in [0.717, 1.165) is 60.6 Å². The van der Waals surface area contributed by atoms with Crippen molar-refractivity contribution in [1.82, 2.24) is 9.55 Å². The Morgan fingerprint density at radius 2 is 1.41 bits per heavy atom. The number of nitriles is 1. The summed E-state index contributed by atoms with van der Waals surface area (Å²) in [4.78, 5) is 4.54. The first-order valence-electron chi connectivity index (χ1n) is 11.1. The molecule has 7 rings (SSSR count). The van der Waals surface area contributed by atoms with Crippen molar-refractivity contribution in [2.45, 2.75) is 0 Å². The monoisotopic (exact) mass is 435 g/mol. The van der Waals surface area contributed by atoms with E-state index in [1.54, 1.807) is 6.20 Å². The van der Waals surface area contributed by atoms with E-state index >= 15 is 0 Å². The van der Waals surface area contributed by atoms with E-state index in [4.69, 9.17) is 4.42 Å². The molecular weight excluding hydrogens is 418 g/mol. The zero-order valence-electron chi connectivity index (χ0n) is 18.1. The third-order valence-corrected chi connectivity index (χ3v) is 6.49. The molecule has 158 valence electrons. The van der Waals surface area contributed by atoms with Crippen molar-refractivity contribution in [2.75, 3.05) is 0 Å². The third kappa shape index (κ3) is 2.61. The van der Waals surface area contributed by atoms with Crippen molar-refractivity contribution in [3.63, 3.8) is 0 Å². The molecular formula is C30H17N3O. The fraction of sp³-hybridized carbons (Fsp3) is 0. The van der Waals surface area contributed by atoms with Gasteiger partial charge in [-0.25, -0.2) is 4.98 Å². The molecule has 4 aromatic carbocycles. The fourth-order valence-electron chi connectivity index (χ4n) is 4.94. The number of furan rings is 1. The lowest BCUT2D eigenvalue weighted by Gasteiger charge is -2.11. The van der Waals surface area contributed by atoms with E-state index in [1.807, 2.05) is 48.5 Å². The Morgan fingerprint density at radius 1 is 0.647 bits per heavy atom. The predicted octanol–water partition coefficient (Wildman–Crippen LogP) is 7.62. The SMILES string of the molecule is N#Cc1ncc(-c2ccccc2)cc1-n1c2ccccc2c2cc3oc4ccccc4c3cc21. The summed E-state index contributed by atoms with van der Waals surface area (Å²) in [5.41, 5.74) is 6.95. The van der Waals surface area contributed by atoms with Gasteiger partial charge in [0.1, 0.15) is 17.2 Å². The van der Waals surface area contributed by atoms with Gasteiger partial charge >= 0.3 is 0 Å². The van der Waals surface area contributed by atoms with E-state index < -0.39 is 0 Å². The lowest BCUT2D eigenvalue weighted by molar-refractivity contribution is 0.669. The Hall–Kier alpha value is -4.88. The highest BCUT2D eigenvalue weighted by Gasteiger charge is 2.19. The summed E-state index contributed by atoms with van der Waals surface area (Å²) in [6.45, 7) is 0. The second-order valence-electron chi connectivity index (χ2n) is 8.39. The summed E-state index contributed by atoms with van der Waals surface area (Å²) in [5.74, 6) is 0. The zero-order valence-corrected chi connectivity index (χ0v) is 18.1. The molecule has 0 unspecified atom stereocenters. The molecule has 3 aromatic heterocycles. The first-order chi connectivity index (χ1) is 16.8. The van der Waals surface area contributed by atoms with Gasteiger partial charge in [-0.05, 0) is 35.9 Å². The Morgan fingerprint density at radius 3 is 2.26 bits per heavy atom. The molecule has 0 aliphatic rings. The molecule has 0 amide bonds. The molecule has 0 aliphatic carbocycles. The molecule has 7 aromatic rings. The van der Waals surface area contributed by atoms with Crippen molar-refractivity contribution in [3.05, 3.63) is 109 Å². The van der Waals surface area contributed by atoms with Crippen LogP contribution >= 0.6 is 0 Å². The van der Waals surface area contributed by atoms with Gasteiger partial charge in [0.25, 0.3) is 0 Å². The average Bonchev–Trinajstić information content (AvgIpc) is 3.42. The summed E-state index contributed by atoms with van der Waals surface area (Å²) < 4.78 is 8.33. The predicted molar refractivity (Wildman–Crippen MR) is 136 cm³/mol. The number of rotatable bonds is 2. The molecule has 0 aliphatic heterocycles. The first-order valence-corrected chi connectivity index (χ1v) is 11.1. The van der Waals surface area contributed by atoms with Gasteiger partial charge in [-0.2, -0.15) is 5.26 Å². The van der Waals surface area contributed by atoms with Gasteiger partial charge in [0, 0.05) is 33.3 Å². The maximum absolute atomic E-state index is 9.96. The summed E-state index contributed by atoms with van der Waals surface area (Å²) >= 11 is 0. The molecule has 0 N–H and O–H groups in total. The lowest BCUT2D eigenvalue weighted by Crippen LogP contribution is -2.00. The van der Waals surface area contributed by atoms with Crippen LogP contribution in [-0.4, -0.2) is 9.55 Å². The van der Waals surface area contributed by atoms with Crippen LogP contribution in [-0.2, 0) is 0 Å². The van der Waals surface area contributed by atoms with Gasteiger partial charge in [-0.1, -0.05) is 66.7 Å². The maximum Gasteiger partial charge on any atom is 0.164 e. The number of aromatic nitrogens is 2. The Bertz CT molecular complexity index is 1920. The van der Waals surface area contributed by atoms with E-state index in [9.17, 15) is 5.26 Å². The minimum Gasteiger partial charge on any atom is -0.456 e. The van der Waals surface area contributed by atoms with Crippen molar-refractivity contribution < 1.29 is 4.42 Å². The summed E-state index contributed by atoms with van der Waals surface area (Å²) in [7, 11) is 0. The van der Waals surface area contributed by atoms with Crippen LogP contribution in [0.1, 0.15) is 5.69 Å². The van der Waals surface area contributed by atoms with E-state index in [0.29, 0.717) is 5.69 Å². The average molecular weight is 435 g/mol. The highest BCUT2D eigenvalue weighted by molar-refractivity contribution is 6.17. The van der Waals surface area contributed by atoms with E-state index in [2.05, 4.69) is 64.2 Å². The van der Waals surface area contributed by atoms with Crippen molar-refractivity contribution in [2.24, 2.45) is 0 Å². The molecule has 4 heteroatoms. The molecule has 3 heterocycles. The highest BCUT2D eigenvalue weighted by Crippen LogP contribution is 2.39. The van der Waals surface area contributed by atoms with E-state index in [-0.39, 0.29) is 0 Å². The zero-order chi connectivity index (χ0) is 22.6. The normalized spacial score (nSPS) is 11.5. The number of nitrogens with zero attached hydrogens (tertiary/aromatic N) is 3. The van der Waals surface area contributed by atoms with Crippen LogP contribution in [0.15, 0.2) is 108 Å². The smallest absolute Gasteiger partial charge is 0.164 e. The summed E-state index contributed by atoms with van der Waals surface area (Å²) in [6.07, 6.45) is 1.77. The molecule has 0 atom stereocenters. The van der Waals surface area contributed by atoms with E-state index in [1.165, 1.54) is 0 Å². The summed E-state index contributed by atoms with van der Waals surface area (Å²) in [6, 6.07) is 35.1. The molecule has 0 saturated carbocycles. The van der Waals surface area contributed by atoms with Gasteiger partial charge in [-0.15, -0.1) is 0 Å². The van der Waals surface area contributed by atoms with Crippen LogP contribution in [0.4, 0.5) is 0 Å². The summed E-state index contributed by atoms with van der Waals surface area (Å²) in [5, 5.41) is 14.3. The van der Waals surface area contributed by atoms with Crippen LogP contribution in [0.25, 0.3) is 60.6 Å². The first kappa shape index (κ1) is 18.7. The number of benzene rings is 4. The van der Waals surface area contributed by atoms with Gasteiger partial charge in [0.05, 0.1) is 16.7 Å². The van der Waals surface area contributed by atoms with Gasteiger partial charge < -0.3 is 8.98 Å². The van der Waals surface area contributed by atoms with Crippen molar-refractivity contribution >= 4 is 43.7 Å². The number of para-hydroxylation sites is 2. The fourth-order valence-corrected chi connectivity index (χ4v) is 4.94. The van der Waals surface area contributed by atoms with Crippen molar-refractivity contribution in [3.8, 4) is 22.9 Å². The number of pyridine rings is 1. The molecule has 0 spiro atoms. The third-order valence-electron chi connectivity index (χ3n) is 6.49. The standard InChI is InChI=1S/C30H17N3O/c31-17-25-28(14-20(18-32-25)19-8-2-1-3-9-19)33-26-12-6-4-10-21(26)23-16-30-24(15-27(23)33)22-11-5-7-13-29(22)34-30/h1-16,18H. The maximum atomic E-state index is 9.96. The molecule has 0 bridgehead atoms. The van der Waals surface area contributed by atoms with Gasteiger partial charge in [0.15, 0.2) is 5.69 Å². The van der Waals surface area contributed by atoms with Crippen LogP contribution in [0.2, 0.25) is 0 Å². The molecule has 0 saturated heterocycles. The van der Waals surface area contributed by atoms with Crippen LogP contribution in [0.3, 0.4) is 0 Å². The van der Waals surface area contributed by atoms with Crippen LogP contribution in [0.5, 0.6) is 0 Å². The number of fused-ring (bicyclic) bond motifs is 6. The molecule has 34 heavy (non-hydrogen) atoms. The number of hydrogen-bond acceptors (Lipinski definition) is 3. The van der Waals surface area contributed by atoms with Gasteiger partial charge in [-0.3, -0.25) is 0 Å². The largest absolute Gasteiger partial charge is 0.456 e. The molecule has 4 nitrogen and oxygen atoms in total. The highest BCUT2D eigenvalue weighted by atomic mass is 16.3. The minimum absolute atomic E-state index is 0.388. The molecule has 0 radical (unpaired) electrons. The second-order valence-corrected chi connectivity index (χ2v) is 8.39. The number of hydrogen-bond donors (Lipinski definition) is 0. The topological polar surface area (TPSA) is 54.8 Å². The van der Waals surface area contributed by atoms with Crippen LogP contribution < -0.4 is 0 Å². The van der Waals surface area contributed by atoms with Crippen molar-refractivity contribution in [1.29, 1.82) is 5.26 Å². The molecule has 0 fully saturated rings. The Kier molecular flexibility index (Phi) is 3.88. The Labute approximate surface area is 194 Å². The van der Waals surface area contributed by atoms with Gasteiger partial charge in [0.2, 0.25) is 0 Å². The lowest BCUT2D eigenvalue weighted by atomic mass is 10.1. The quantitative estimate of drug-likeness (QED) is 0.281. The van der Waals surface area contributed by atoms with Crippen LogP contribution in [0, 0.1) is 11.3 Å². The minimum atomic E-state index is 0.388. The second kappa shape index (κ2) is 7.06.